The van der Waals surface area contributed by atoms with Crippen LogP contribution in [0.25, 0.3) is 0 Å². The molecule has 1 aromatic carbocycles. The Kier molecular flexibility index (Phi) is 4.31. The SMILES string of the molecule is Cc1c(N)cc(S(=O)(=O)N(C)CC2CCCO2)cc1F. The molecular formula is C13H19FN2O3S. The molecule has 5 nitrogen and oxygen atoms in total. The quantitative estimate of drug-likeness (QED) is 0.856. The summed E-state index contributed by atoms with van der Waals surface area (Å²) in [6, 6.07) is 2.30. The van der Waals surface area contributed by atoms with E-state index in [9.17, 15) is 12.8 Å². The predicted molar refractivity (Wildman–Crippen MR) is 74.3 cm³/mol. The molecule has 7 heteroatoms. The number of nitrogens with zero attached hydrogens (tertiary/aromatic N) is 1. The smallest absolute Gasteiger partial charge is 0.243 e. The van der Waals surface area contributed by atoms with Crippen molar-refractivity contribution < 1.29 is 17.5 Å². The Morgan fingerprint density at radius 2 is 2.20 bits per heavy atom. The lowest BCUT2D eigenvalue weighted by Gasteiger charge is -2.21. The molecule has 2 rings (SSSR count). The molecule has 0 bridgehead atoms. The van der Waals surface area contributed by atoms with Crippen molar-refractivity contribution in [2.45, 2.75) is 30.8 Å². The van der Waals surface area contributed by atoms with Crippen LogP contribution >= 0.6 is 0 Å². The van der Waals surface area contributed by atoms with Crippen molar-refractivity contribution in [1.29, 1.82) is 0 Å². The molecule has 0 spiro atoms. The highest BCUT2D eigenvalue weighted by atomic mass is 32.2. The number of nitrogen functional groups attached to an aromatic ring is 1. The minimum atomic E-state index is -3.75. The molecule has 1 heterocycles. The van der Waals surface area contributed by atoms with Crippen LogP contribution in [-0.4, -0.2) is 39.0 Å². The van der Waals surface area contributed by atoms with Crippen LogP contribution in [0.15, 0.2) is 17.0 Å². The van der Waals surface area contributed by atoms with E-state index in [0.29, 0.717) is 6.61 Å². The van der Waals surface area contributed by atoms with Gasteiger partial charge >= 0.3 is 0 Å². The highest BCUT2D eigenvalue weighted by Crippen LogP contribution is 2.24. The van der Waals surface area contributed by atoms with E-state index in [-0.39, 0.29) is 28.8 Å². The number of hydrogen-bond donors (Lipinski definition) is 1. The second kappa shape index (κ2) is 5.67. The van der Waals surface area contributed by atoms with Crippen molar-refractivity contribution in [3.8, 4) is 0 Å². The summed E-state index contributed by atoms with van der Waals surface area (Å²) in [5, 5.41) is 0. The van der Waals surface area contributed by atoms with Gasteiger partial charge in [-0.2, -0.15) is 4.31 Å². The van der Waals surface area contributed by atoms with Crippen LogP contribution in [0, 0.1) is 12.7 Å². The van der Waals surface area contributed by atoms with Gasteiger partial charge in [0.2, 0.25) is 10.0 Å². The Morgan fingerprint density at radius 3 is 2.75 bits per heavy atom. The van der Waals surface area contributed by atoms with Gasteiger partial charge in [-0.25, -0.2) is 12.8 Å². The molecule has 20 heavy (non-hydrogen) atoms. The summed E-state index contributed by atoms with van der Waals surface area (Å²) in [5.41, 5.74) is 6.02. The normalized spacial score (nSPS) is 19.7. The van der Waals surface area contributed by atoms with Gasteiger partial charge in [-0.1, -0.05) is 0 Å². The molecule has 1 atom stereocenters. The molecule has 1 saturated heterocycles. The number of halogens is 1. The number of sulfonamides is 1. The monoisotopic (exact) mass is 302 g/mol. The largest absolute Gasteiger partial charge is 0.398 e. The lowest BCUT2D eigenvalue weighted by molar-refractivity contribution is 0.0979. The van der Waals surface area contributed by atoms with E-state index >= 15 is 0 Å². The molecule has 0 aliphatic carbocycles. The van der Waals surface area contributed by atoms with E-state index in [0.717, 1.165) is 18.9 Å². The van der Waals surface area contributed by atoms with E-state index in [2.05, 4.69) is 0 Å². The van der Waals surface area contributed by atoms with E-state index in [1.54, 1.807) is 0 Å². The average Bonchev–Trinajstić information content (AvgIpc) is 2.88. The number of ether oxygens (including phenoxy) is 1. The van der Waals surface area contributed by atoms with E-state index in [1.165, 1.54) is 24.3 Å². The summed E-state index contributed by atoms with van der Waals surface area (Å²) < 4.78 is 45.0. The predicted octanol–water partition coefficient (Wildman–Crippen LogP) is 1.52. The molecule has 0 saturated carbocycles. The number of nitrogens with two attached hydrogens (primary N) is 1. The van der Waals surface area contributed by atoms with Gasteiger partial charge in [-0.3, -0.25) is 0 Å². The molecule has 2 N–H and O–H groups in total. The molecule has 1 aromatic rings. The molecule has 1 fully saturated rings. The van der Waals surface area contributed by atoms with E-state index in [4.69, 9.17) is 10.5 Å². The third kappa shape index (κ3) is 2.94. The lowest BCUT2D eigenvalue weighted by Crippen LogP contribution is -2.34. The minimum Gasteiger partial charge on any atom is -0.398 e. The van der Waals surface area contributed by atoms with Gasteiger partial charge < -0.3 is 10.5 Å². The zero-order valence-electron chi connectivity index (χ0n) is 11.6. The third-order valence-electron chi connectivity index (χ3n) is 3.55. The van der Waals surface area contributed by atoms with Crippen LogP contribution in [-0.2, 0) is 14.8 Å². The highest BCUT2D eigenvalue weighted by molar-refractivity contribution is 7.89. The fourth-order valence-electron chi connectivity index (χ4n) is 2.18. The van der Waals surface area contributed by atoms with Crippen molar-refractivity contribution in [2.24, 2.45) is 0 Å². The highest BCUT2D eigenvalue weighted by Gasteiger charge is 2.27. The third-order valence-corrected chi connectivity index (χ3v) is 5.35. The molecule has 1 aliphatic rings. The average molecular weight is 302 g/mol. The van der Waals surface area contributed by atoms with Gasteiger partial charge in [0.15, 0.2) is 0 Å². The molecule has 0 aromatic heterocycles. The zero-order chi connectivity index (χ0) is 14.9. The van der Waals surface area contributed by atoms with Crippen LogP contribution in [0.4, 0.5) is 10.1 Å². The topological polar surface area (TPSA) is 72.6 Å². The zero-order valence-corrected chi connectivity index (χ0v) is 12.4. The van der Waals surface area contributed by atoms with Crippen molar-refractivity contribution in [2.75, 3.05) is 25.9 Å². The van der Waals surface area contributed by atoms with Crippen LogP contribution in [0.2, 0.25) is 0 Å². The van der Waals surface area contributed by atoms with Crippen molar-refractivity contribution in [3.63, 3.8) is 0 Å². The maximum absolute atomic E-state index is 13.7. The van der Waals surface area contributed by atoms with Gasteiger partial charge in [-0.05, 0) is 31.9 Å². The Bertz CT molecular complexity index is 575. The number of anilines is 1. The summed E-state index contributed by atoms with van der Waals surface area (Å²) in [5.74, 6) is -0.617. The Hall–Kier alpha value is -1.18. The van der Waals surface area contributed by atoms with E-state index < -0.39 is 15.8 Å². The number of likely N-dealkylation sites (N-methyl/N-ethyl adjacent to an activating group) is 1. The fourth-order valence-corrected chi connectivity index (χ4v) is 3.43. The molecule has 112 valence electrons. The van der Waals surface area contributed by atoms with Crippen LogP contribution in [0.1, 0.15) is 18.4 Å². The fraction of sp³-hybridized carbons (Fsp3) is 0.538. The van der Waals surface area contributed by atoms with E-state index in [1.807, 2.05) is 0 Å². The Balaban J connectivity index is 2.25. The summed E-state index contributed by atoms with van der Waals surface area (Å²) in [4.78, 5) is -0.126. The van der Waals surface area contributed by atoms with Crippen LogP contribution < -0.4 is 5.73 Å². The maximum Gasteiger partial charge on any atom is 0.243 e. The van der Waals surface area contributed by atoms with Gasteiger partial charge in [0.1, 0.15) is 5.82 Å². The van der Waals surface area contributed by atoms with Gasteiger partial charge in [-0.15, -0.1) is 0 Å². The number of benzene rings is 1. The first-order valence-corrected chi connectivity index (χ1v) is 7.90. The maximum atomic E-state index is 13.7. The Labute approximate surface area is 118 Å². The molecule has 1 unspecified atom stereocenters. The molecule has 0 radical (unpaired) electrons. The van der Waals surface area contributed by atoms with Crippen LogP contribution in [0.3, 0.4) is 0 Å². The van der Waals surface area contributed by atoms with Crippen LogP contribution in [0.5, 0.6) is 0 Å². The molecule has 0 amide bonds. The molecular weight excluding hydrogens is 283 g/mol. The van der Waals surface area contributed by atoms with Gasteiger partial charge in [0, 0.05) is 31.5 Å². The number of rotatable bonds is 4. The van der Waals surface area contributed by atoms with Gasteiger partial charge in [0.05, 0.1) is 11.0 Å². The lowest BCUT2D eigenvalue weighted by atomic mass is 10.2. The summed E-state index contributed by atoms with van der Waals surface area (Å²) in [6.07, 6.45) is 1.68. The summed E-state index contributed by atoms with van der Waals surface area (Å²) in [7, 11) is -2.29. The number of hydrogen-bond acceptors (Lipinski definition) is 4. The second-order valence-corrected chi connectivity index (χ2v) is 7.08. The first kappa shape index (κ1) is 15.2. The van der Waals surface area contributed by atoms with Crippen molar-refractivity contribution in [1.82, 2.24) is 4.31 Å². The first-order chi connectivity index (χ1) is 9.32. The standard InChI is InChI=1S/C13H19FN2O3S/c1-9-12(14)6-11(7-13(9)15)20(17,18)16(2)8-10-4-3-5-19-10/h6-7,10H,3-5,8,15H2,1-2H3. The Morgan fingerprint density at radius 1 is 1.50 bits per heavy atom. The van der Waals surface area contributed by atoms with Crippen molar-refractivity contribution in [3.05, 3.63) is 23.5 Å². The van der Waals surface area contributed by atoms with Gasteiger partial charge in [0.25, 0.3) is 0 Å². The van der Waals surface area contributed by atoms with Crippen molar-refractivity contribution >= 4 is 15.7 Å². The molecule has 1 aliphatic heterocycles. The first-order valence-electron chi connectivity index (χ1n) is 6.46. The summed E-state index contributed by atoms with van der Waals surface area (Å²) in [6.45, 7) is 2.43. The summed E-state index contributed by atoms with van der Waals surface area (Å²) >= 11 is 0. The minimum absolute atomic E-state index is 0.0950. The second-order valence-electron chi connectivity index (χ2n) is 5.04.